The number of carbonyl (C=O) groups is 2. The Labute approximate surface area is 186 Å². The Morgan fingerprint density at radius 3 is 2.00 bits per heavy atom. The molecule has 0 saturated heterocycles. The van der Waals surface area contributed by atoms with E-state index in [0.717, 1.165) is 5.69 Å². The summed E-state index contributed by atoms with van der Waals surface area (Å²) in [5.41, 5.74) is 3.75. The van der Waals surface area contributed by atoms with Crippen LogP contribution in [0.3, 0.4) is 0 Å². The molecule has 0 saturated carbocycles. The van der Waals surface area contributed by atoms with Crippen molar-refractivity contribution in [3.8, 4) is 5.69 Å². The van der Waals surface area contributed by atoms with E-state index in [1.54, 1.807) is 39.3 Å². The molecule has 0 radical (unpaired) electrons. The Kier molecular flexibility index (Phi) is 6.85. The lowest BCUT2D eigenvalue weighted by atomic mass is 9.80. The molecule has 0 amide bonds. The Morgan fingerprint density at radius 2 is 1.52 bits per heavy atom. The van der Waals surface area contributed by atoms with Gasteiger partial charge in [-0.3, -0.25) is 0 Å². The fraction of sp³-hybridized carbons (Fsp3) is 0.348. The van der Waals surface area contributed by atoms with E-state index in [-0.39, 0.29) is 13.2 Å². The van der Waals surface area contributed by atoms with Crippen LogP contribution in [0.15, 0.2) is 52.9 Å². The highest BCUT2D eigenvalue weighted by molar-refractivity contribution is 6.31. The van der Waals surface area contributed by atoms with Crippen LogP contribution in [0.2, 0.25) is 5.15 Å². The summed E-state index contributed by atoms with van der Waals surface area (Å²) in [4.78, 5) is 25.9. The lowest BCUT2D eigenvalue weighted by molar-refractivity contribution is -0.139. The van der Waals surface area contributed by atoms with Gasteiger partial charge in [0.2, 0.25) is 0 Å². The van der Waals surface area contributed by atoms with Crippen molar-refractivity contribution in [1.29, 1.82) is 0 Å². The molecule has 0 fully saturated rings. The minimum atomic E-state index is -0.774. The van der Waals surface area contributed by atoms with Crippen LogP contribution in [0.5, 0.6) is 0 Å². The topological polar surface area (TPSA) is 82.4 Å². The normalized spacial score (nSPS) is 14.5. The summed E-state index contributed by atoms with van der Waals surface area (Å²) in [6.45, 7) is 9.23. The van der Waals surface area contributed by atoms with Gasteiger partial charge >= 0.3 is 11.9 Å². The van der Waals surface area contributed by atoms with E-state index >= 15 is 0 Å². The molecule has 8 heteroatoms. The summed E-state index contributed by atoms with van der Waals surface area (Å²) in [6.07, 6.45) is 0. The SMILES string of the molecule is CCOC(=O)C1=C(C)NC(C)=C(C(=O)OCC)C1c1c(C)nn(-c2ccccc2)c1Cl. The third-order valence-electron chi connectivity index (χ3n) is 5.09. The quantitative estimate of drug-likeness (QED) is 0.674. The number of hydrogen-bond acceptors (Lipinski definition) is 6. The summed E-state index contributed by atoms with van der Waals surface area (Å²) in [5, 5.41) is 8.04. The number of hydrogen-bond donors (Lipinski definition) is 1. The molecule has 1 aliphatic heterocycles. The minimum absolute atomic E-state index is 0.204. The largest absolute Gasteiger partial charge is 0.463 e. The van der Waals surface area contributed by atoms with Gasteiger partial charge in [-0.1, -0.05) is 29.8 Å². The molecule has 1 aromatic heterocycles. The zero-order valence-corrected chi connectivity index (χ0v) is 19.0. The lowest BCUT2D eigenvalue weighted by Gasteiger charge is -2.30. The van der Waals surface area contributed by atoms with Crippen molar-refractivity contribution < 1.29 is 19.1 Å². The molecule has 0 unspecified atom stereocenters. The average Bonchev–Trinajstić information content (AvgIpc) is 3.02. The number of rotatable bonds is 6. The summed E-state index contributed by atoms with van der Waals surface area (Å²) >= 11 is 6.82. The van der Waals surface area contributed by atoms with E-state index < -0.39 is 17.9 Å². The second-order valence-corrected chi connectivity index (χ2v) is 7.47. The highest BCUT2D eigenvalue weighted by atomic mass is 35.5. The van der Waals surface area contributed by atoms with Crippen molar-refractivity contribution in [1.82, 2.24) is 15.1 Å². The first kappa shape index (κ1) is 22.6. The lowest BCUT2D eigenvalue weighted by Crippen LogP contribution is -2.32. The van der Waals surface area contributed by atoms with Gasteiger partial charge in [-0.05, 0) is 46.8 Å². The maximum atomic E-state index is 13.0. The number of allylic oxidation sites excluding steroid dienone is 2. The van der Waals surface area contributed by atoms with Crippen LogP contribution in [0, 0.1) is 6.92 Å². The summed E-state index contributed by atoms with van der Waals surface area (Å²) in [5.74, 6) is -1.81. The molecular weight excluding hydrogens is 418 g/mol. The van der Waals surface area contributed by atoms with E-state index in [9.17, 15) is 9.59 Å². The van der Waals surface area contributed by atoms with Gasteiger partial charge in [-0.2, -0.15) is 5.10 Å². The number of aryl methyl sites for hydroxylation is 1. The number of ether oxygens (including phenoxy) is 2. The smallest absolute Gasteiger partial charge is 0.336 e. The fourth-order valence-electron chi connectivity index (χ4n) is 3.82. The Morgan fingerprint density at radius 1 is 1.00 bits per heavy atom. The van der Waals surface area contributed by atoms with Gasteiger partial charge in [0.1, 0.15) is 5.15 Å². The monoisotopic (exact) mass is 443 g/mol. The molecule has 2 heterocycles. The molecule has 0 bridgehead atoms. The number of nitrogens with zero attached hydrogens (tertiary/aromatic N) is 2. The van der Waals surface area contributed by atoms with Crippen LogP contribution in [-0.4, -0.2) is 34.9 Å². The van der Waals surface area contributed by atoms with E-state index in [0.29, 0.717) is 39.0 Å². The van der Waals surface area contributed by atoms with Crippen LogP contribution in [0.4, 0.5) is 0 Å². The van der Waals surface area contributed by atoms with Crippen LogP contribution in [0.25, 0.3) is 5.69 Å². The van der Waals surface area contributed by atoms with Gasteiger partial charge in [-0.25, -0.2) is 14.3 Å². The number of nitrogens with one attached hydrogen (secondary N) is 1. The van der Waals surface area contributed by atoms with Crippen molar-refractivity contribution in [2.75, 3.05) is 13.2 Å². The molecule has 1 aromatic carbocycles. The fourth-order valence-corrected chi connectivity index (χ4v) is 4.20. The second-order valence-electron chi connectivity index (χ2n) is 7.11. The zero-order valence-electron chi connectivity index (χ0n) is 18.3. The van der Waals surface area contributed by atoms with E-state index in [4.69, 9.17) is 21.1 Å². The van der Waals surface area contributed by atoms with Crippen molar-refractivity contribution in [3.05, 3.63) is 69.3 Å². The molecule has 3 rings (SSSR count). The predicted molar refractivity (Wildman–Crippen MR) is 118 cm³/mol. The first-order chi connectivity index (χ1) is 14.8. The molecule has 0 spiro atoms. The van der Waals surface area contributed by atoms with Crippen molar-refractivity contribution in [2.24, 2.45) is 0 Å². The van der Waals surface area contributed by atoms with Gasteiger partial charge in [0.25, 0.3) is 0 Å². The molecular formula is C23H26ClN3O4. The highest BCUT2D eigenvalue weighted by Crippen LogP contribution is 2.43. The second kappa shape index (κ2) is 9.39. The van der Waals surface area contributed by atoms with Crippen molar-refractivity contribution >= 4 is 23.5 Å². The maximum absolute atomic E-state index is 13.0. The molecule has 1 aliphatic rings. The molecule has 7 nitrogen and oxygen atoms in total. The molecule has 164 valence electrons. The Bertz CT molecular complexity index is 1030. The van der Waals surface area contributed by atoms with Crippen molar-refractivity contribution in [2.45, 2.75) is 40.5 Å². The van der Waals surface area contributed by atoms with E-state index in [1.807, 2.05) is 30.3 Å². The number of benzene rings is 1. The molecule has 0 aliphatic carbocycles. The third kappa shape index (κ3) is 4.23. The number of carbonyl (C=O) groups excluding carboxylic acids is 2. The van der Waals surface area contributed by atoms with Gasteiger partial charge in [0.05, 0.1) is 41.7 Å². The number of aromatic nitrogens is 2. The third-order valence-corrected chi connectivity index (χ3v) is 5.45. The first-order valence-electron chi connectivity index (χ1n) is 10.1. The van der Waals surface area contributed by atoms with Crippen LogP contribution < -0.4 is 5.32 Å². The summed E-state index contributed by atoms with van der Waals surface area (Å²) < 4.78 is 12.2. The number of esters is 2. The first-order valence-corrected chi connectivity index (χ1v) is 10.5. The number of halogens is 1. The van der Waals surface area contributed by atoms with Crippen LogP contribution >= 0.6 is 11.6 Å². The van der Waals surface area contributed by atoms with Gasteiger partial charge < -0.3 is 14.8 Å². The van der Waals surface area contributed by atoms with Gasteiger partial charge in [-0.15, -0.1) is 0 Å². The predicted octanol–water partition coefficient (Wildman–Crippen LogP) is 4.20. The summed E-state index contributed by atoms with van der Waals surface area (Å²) in [7, 11) is 0. The molecule has 1 N–H and O–H groups in total. The Hall–Kier alpha value is -3.06. The standard InChI is InChI=1S/C23H26ClN3O4/c1-6-30-22(28)18-13(3)25-14(4)19(23(29)31-7-2)20(18)17-15(5)26-27(21(17)24)16-11-9-8-10-12-16/h8-12,20,25H,6-7H2,1-5H3. The average molecular weight is 444 g/mol. The summed E-state index contributed by atoms with van der Waals surface area (Å²) in [6, 6.07) is 9.43. The van der Waals surface area contributed by atoms with E-state index in [2.05, 4.69) is 10.4 Å². The van der Waals surface area contributed by atoms with Crippen LogP contribution in [0.1, 0.15) is 44.9 Å². The number of para-hydroxylation sites is 1. The van der Waals surface area contributed by atoms with Crippen molar-refractivity contribution in [3.63, 3.8) is 0 Å². The molecule has 0 atom stereocenters. The van der Waals surface area contributed by atoms with Gasteiger partial charge in [0.15, 0.2) is 0 Å². The van der Waals surface area contributed by atoms with Crippen LogP contribution in [-0.2, 0) is 19.1 Å². The molecule has 2 aromatic rings. The van der Waals surface area contributed by atoms with E-state index in [1.165, 1.54) is 0 Å². The maximum Gasteiger partial charge on any atom is 0.336 e. The highest BCUT2D eigenvalue weighted by Gasteiger charge is 2.41. The zero-order chi connectivity index (χ0) is 22.7. The van der Waals surface area contributed by atoms with Gasteiger partial charge in [0, 0.05) is 17.0 Å². The molecule has 31 heavy (non-hydrogen) atoms. The minimum Gasteiger partial charge on any atom is -0.463 e. The number of dihydropyridines is 1. The Balaban J connectivity index is 2.26.